The van der Waals surface area contributed by atoms with Crippen molar-refractivity contribution in [3.63, 3.8) is 0 Å². The van der Waals surface area contributed by atoms with Crippen LogP contribution in [0.3, 0.4) is 0 Å². The number of carbonyl (C=O) groups is 1. The van der Waals surface area contributed by atoms with Crippen LogP contribution >= 0.6 is 0 Å². The number of carbonyl (C=O) groups excluding carboxylic acids is 1. The number of hydrogen-bond donors (Lipinski definition) is 0. The van der Waals surface area contributed by atoms with Crippen LogP contribution in [0.1, 0.15) is 26.5 Å². The van der Waals surface area contributed by atoms with Crippen molar-refractivity contribution in [1.29, 1.82) is 0 Å². The van der Waals surface area contributed by atoms with E-state index in [1.165, 1.54) is 0 Å². The van der Waals surface area contributed by atoms with E-state index >= 15 is 0 Å². The van der Waals surface area contributed by atoms with Crippen molar-refractivity contribution in [2.24, 2.45) is 10.6 Å². The molecule has 1 aliphatic rings. The van der Waals surface area contributed by atoms with E-state index in [1.54, 1.807) is 0 Å². The Morgan fingerprint density at radius 2 is 2.21 bits per heavy atom. The van der Waals surface area contributed by atoms with Gasteiger partial charge in [0.1, 0.15) is 5.71 Å². The van der Waals surface area contributed by atoms with Crippen LogP contribution in [0.4, 0.5) is 0 Å². The lowest BCUT2D eigenvalue weighted by Gasteiger charge is -2.16. The van der Waals surface area contributed by atoms with Gasteiger partial charge in [0.25, 0.3) is 0 Å². The molecule has 0 bridgehead atoms. The van der Waals surface area contributed by atoms with E-state index < -0.39 is 5.97 Å². The van der Waals surface area contributed by atoms with Crippen LogP contribution in [0.25, 0.3) is 6.08 Å². The van der Waals surface area contributed by atoms with Crippen LogP contribution in [-0.4, -0.2) is 16.2 Å². The van der Waals surface area contributed by atoms with Crippen LogP contribution in [0.15, 0.2) is 41.7 Å². The van der Waals surface area contributed by atoms with Crippen molar-refractivity contribution in [3.05, 3.63) is 42.3 Å². The molecule has 0 N–H and O–H groups in total. The van der Waals surface area contributed by atoms with Gasteiger partial charge in [0.05, 0.1) is 5.57 Å². The maximum Gasteiger partial charge on any atom is 0.367 e. The molecule has 19 heavy (non-hydrogen) atoms. The van der Waals surface area contributed by atoms with Crippen molar-refractivity contribution in [2.45, 2.75) is 27.3 Å². The van der Waals surface area contributed by atoms with Gasteiger partial charge in [-0.05, 0) is 18.2 Å². The first-order chi connectivity index (χ1) is 8.93. The molecule has 1 aliphatic heterocycles. The third kappa shape index (κ3) is 2.67. The molecule has 1 aromatic rings. The molecule has 2 heterocycles. The summed E-state index contributed by atoms with van der Waals surface area (Å²) in [6, 6.07) is 3.88. The largest absolute Gasteiger partial charge is 0.367 e. The molecule has 2 rings (SSSR count). The van der Waals surface area contributed by atoms with Gasteiger partial charge in [-0.25, -0.2) is 4.79 Å². The molecule has 0 spiro atoms. The minimum atomic E-state index is -0.392. The lowest BCUT2D eigenvalue weighted by molar-refractivity contribution is -0.136. The van der Waals surface area contributed by atoms with E-state index in [4.69, 9.17) is 4.84 Å². The highest BCUT2D eigenvalue weighted by molar-refractivity contribution is 6.26. The van der Waals surface area contributed by atoms with Crippen LogP contribution < -0.4 is 0 Å². The first-order valence-electron chi connectivity index (χ1n) is 6.21. The van der Waals surface area contributed by atoms with Gasteiger partial charge in [0.15, 0.2) is 0 Å². The first-order valence-corrected chi connectivity index (χ1v) is 6.21. The Morgan fingerprint density at radius 3 is 2.84 bits per heavy atom. The summed E-state index contributed by atoms with van der Waals surface area (Å²) in [5.74, 6) is -0.392. The number of hydrogen-bond acceptors (Lipinski definition) is 3. The normalized spacial score (nSPS) is 17.5. The Labute approximate surface area is 113 Å². The maximum atomic E-state index is 11.8. The smallest absolute Gasteiger partial charge is 0.344 e. The molecule has 0 saturated heterocycles. The standard InChI is InChI=1S/C15H18N2O2/c1-5-8-17-9-6-7-11(17)10-12-13(15(2,3)4)16-19-14(12)18/h5-7,9-10H,1,8H2,2-4H3. The van der Waals surface area contributed by atoms with Crippen LogP contribution in [0.2, 0.25) is 0 Å². The van der Waals surface area contributed by atoms with Crippen LogP contribution in [0.5, 0.6) is 0 Å². The highest BCUT2D eigenvalue weighted by Crippen LogP contribution is 2.28. The van der Waals surface area contributed by atoms with Gasteiger partial charge in [-0.3, -0.25) is 0 Å². The van der Waals surface area contributed by atoms with Gasteiger partial charge in [-0.1, -0.05) is 32.0 Å². The summed E-state index contributed by atoms with van der Waals surface area (Å²) >= 11 is 0. The van der Waals surface area contributed by atoms with E-state index in [9.17, 15) is 4.79 Å². The number of oxime groups is 1. The van der Waals surface area contributed by atoms with E-state index in [0.29, 0.717) is 17.8 Å². The second kappa shape index (κ2) is 4.88. The molecule has 100 valence electrons. The molecular formula is C15H18N2O2. The summed E-state index contributed by atoms with van der Waals surface area (Å²) < 4.78 is 2.01. The second-order valence-electron chi connectivity index (χ2n) is 5.50. The van der Waals surface area contributed by atoms with Crippen molar-refractivity contribution < 1.29 is 9.63 Å². The third-order valence-corrected chi connectivity index (χ3v) is 2.89. The van der Waals surface area contributed by atoms with E-state index in [-0.39, 0.29) is 5.41 Å². The molecule has 0 radical (unpaired) electrons. The van der Waals surface area contributed by atoms with Crippen molar-refractivity contribution in [3.8, 4) is 0 Å². The summed E-state index contributed by atoms with van der Waals surface area (Å²) in [5.41, 5.74) is 1.92. The predicted octanol–water partition coefficient (Wildman–Crippen LogP) is 3.02. The minimum Gasteiger partial charge on any atom is -0.344 e. The zero-order valence-electron chi connectivity index (χ0n) is 11.5. The Bertz CT molecular complexity index is 571. The molecule has 0 fully saturated rings. The van der Waals surface area contributed by atoms with Gasteiger partial charge in [-0.15, -0.1) is 6.58 Å². The van der Waals surface area contributed by atoms with Crippen molar-refractivity contribution in [2.75, 3.05) is 0 Å². The summed E-state index contributed by atoms with van der Waals surface area (Å²) in [6.45, 7) is 10.4. The Balaban J connectivity index is 2.41. The van der Waals surface area contributed by atoms with Crippen molar-refractivity contribution >= 4 is 17.8 Å². The van der Waals surface area contributed by atoms with Gasteiger partial charge in [-0.2, -0.15) is 0 Å². The van der Waals surface area contributed by atoms with E-state index in [0.717, 1.165) is 5.69 Å². The zero-order chi connectivity index (χ0) is 14.0. The first kappa shape index (κ1) is 13.3. The van der Waals surface area contributed by atoms with E-state index in [1.807, 2.05) is 55.8 Å². The third-order valence-electron chi connectivity index (χ3n) is 2.89. The molecular weight excluding hydrogens is 240 g/mol. The highest BCUT2D eigenvalue weighted by Gasteiger charge is 2.34. The second-order valence-corrected chi connectivity index (χ2v) is 5.50. The fourth-order valence-corrected chi connectivity index (χ4v) is 1.96. The molecule has 0 atom stereocenters. The summed E-state index contributed by atoms with van der Waals surface area (Å²) in [7, 11) is 0. The van der Waals surface area contributed by atoms with Crippen molar-refractivity contribution in [1.82, 2.24) is 4.57 Å². The topological polar surface area (TPSA) is 43.6 Å². The number of allylic oxidation sites excluding steroid dienone is 1. The van der Waals surface area contributed by atoms with Crippen LogP contribution in [0, 0.1) is 5.41 Å². The Kier molecular flexibility index (Phi) is 3.42. The molecule has 0 unspecified atom stereocenters. The quantitative estimate of drug-likeness (QED) is 0.475. The molecule has 0 saturated carbocycles. The van der Waals surface area contributed by atoms with Gasteiger partial charge in [0.2, 0.25) is 0 Å². The summed E-state index contributed by atoms with van der Waals surface area (Å²) in [5, 5.41) is 3.90. The highest BCUT2D eigenvalue weighted by atomic mass is 16.7. The van der Waals surface area contributed by atoms with Gasteiger partial charge in [0, 0.05) is 23.9 Å². The summed E-state index contributed by atoms with van der Waals surface area (Å²) in [6.07, 6.45) is 5.58. The van der Waals surface area contributed by atoms with Crippen LogP contribution in [-0.2, 0) is 16.2 Å². The number of nitrogens with zero attached hydrogens (tertiary/aromatic N) is 2. The number of aromatic nitrogens is 1. The average Bonchev–Trinajstić information content (AvgIpc) is 2.88. The fraction of sp³-hybridized carbons (Fsp3) is 0.333. The monoisotopic (exact) mass is 258 g/mol. The lowest BCUT2D eigenvalue weighted by atomic mass is 9.85. The van der Waals surface area contributed by atoms with Gasteiger partial charge < -0.3 is 9.40 Å². The zero-order valence-corrected chi connectivity index (χ0v) is 11.5. The Morgan fingerprint density at radius 1 is 1.47 bits per heavy atom. The number of rotatable bonds is 3. The Hall–Kier alpha value is -2.10. The molecule has 0 amide bonds. The predicted molar refractivity (Wildman–Crippen MR) is 75.6 cm³/mol. The minimum absolute atomic E-state index is 0.228. The van der Waals surface area contributed by atoms with E-state index in [2.05, 4.69) is 11.7 Å². The molecule has 1 aromatic heterocycles. The SMILES string of the molecule is C=CCn1cccc1C=C1C(=O)ON=C1C(C)(C)C. The molecule has 0 aromatic carbocycles. The maximum absolute atomic E-state index is 11.8. The fourth-order valence-electron chi connectivity index (χ4n) is 1.96. The summed E-state index contributed by atoms with van der Waals surface area (Å²) in [4.78, 5) is 16.6. The average molecular weight is 258 g/mol. The molecule has 4 nitrogen and oxygen atoms in total. The molecule has 0 aliphatic carbocycles. The lowest BCUT2D eigenvalue weighted by Crippen LogP contribution is -2.22. The molecule has 4 heteroatoms. The van der Waals surface area contributed by atoms with Gasteiger partial charge >= 0.3 is 5.97 Å².